The van der Waals surface area contributed by atoms with Crippen LogP contribution in [0.4, 0.5) is 0 Å². The summed E-state index contributed by atoms with van der Waals surface area (Å²) in [6.45, 7) is 2.50. The summed E-state index contributed by atoms with van der Waals surface area (Å²) in [5, 5.41) is 0.557. The van der Waals surface area contributed by atoms with Crippen LogP contribution in [0.3, 0.4) is 0 Å². The highest BCUT2D eigenvalue weighted by atomic mass is 35.5. The van der Waals surface area contributed by atoms with E-state index in [1.807, 2.05) is 7.05 Å². The third-order valence-electron chi connectivity index (χ3n) is 2.97. The van der Waals surface area contributed by atoms with E-state index >= 15 is 0 Å². The Morgan fingerprint density at radius 3 is 2.83 bits per heavy atom. The van der Waals surface area contributed by atoms with Crippen LogP contribution >= 0.6 is 11.6 Å². The molecule has 2 N–H and O–H groups in total. The second-order valence-corrected chi connectivity index (χ2v) is 4.89. The first-order chi connectivity index (χ1) is 8.47. The number of unbranched alkanes of at least 4 members (excludes halogenated alkanes) is 1. The van der Waals surface area contributed by atoms with Gasteiger partial charge in [0, 0.05) is 14.1 Å². The Balaban J connectivity index is 2.57. The molecular weight excluding hydrogens is 252 g/mol. The fourth-order valence-electron chi connectivity index (χ4n) is 1.69. The number of nitrogens with zero attached hydrogens (tertiary/aromatic N) is 3. The molecule has 0 saturated heterocycles. The van der Waals surface area contributed by atoms with Gasteiger partial charge in [-0.2, -0.15) is 0 Å². The van der Waals surface area contributed by atoms with Gasteiger partial charge in [-0.15, -0.1) is 0 Å². The molecule has 0 fully saturated rings. The van der Waals surface area contributed by atoms with Gasteiger partial charge in [-0.05, 0) is 6.42 Å². The van der Waals surface area contributed by atoms with Crippen LogP contribution in [0.15, 0.2) is 6.20 Å². The minimum absolute atomic E-state index is 0.0532. The van der Waals surface area contributed by atoms with Crippen molar-refractivity contribution in [3.8, 4) is 0 Å². The fraction of sp³-hybridized carbons (Fsp3) is 0.667. The molecule has 1 atom stereocenters. The van der Waals surface area contributed by atoms with Crippen molar-refractivity contribution in [3.05, 3.63) is 17.2 Å². The van der Waals surface area contributed by atoms with Crippen LogP contribution in [-0.4, -0.2) is 33.4 Å². The number of rotatable bonds is 6. The number of carbonyl (C=O) groups is 1. The van der Waals surface area contributed by atoms with E-state index in [1.54, 1.807) is 22.7 Å². The van der Waals surface area contributed by atoms with E-state index in [0.29, 0.717) is 11.7 Å². The van der Waals surface area contributed by atoms with Gasteiger partial charge in [-0.3, -0.25) is 4.79 Å². The molecule has 0 bridgehead atoms. The van der Waals surface area contributed by atoms with Crippen LogP contribution in [0.1, 0.15) is 32.0 Å². The first kappa shape index (κ1) is 15.0. The van der Waals surface area contributed by atoms with Crippen molar-refractivity contribution in [3.63, 3.8) is 0 Å². The lowest BCUT2D eigenvalue weighted by molar-refractivity contribution is -0.132. The summed E-state index contributed by atoms with van der Waals surface area (Å²) >= 11 is 5.90. The number of halogens is 1. The van der Waals surface area contributed by atoms with Gasteiger partial charge in [-0.1, -0.05) is 31.4 Å². The maximum atomic E-state index is 12.0. The fourth-order valence-corrected chi connectivity index (χ4v) is 1.84. The van der Waals surface area contributed by atoms with Crippen LogP contribution in [0.2, 0.25) is 5.15 Å². The zero-order valence-corrected chi connectivity index (χ0v) is 11.9. The molecule has 0 aliphatic carbocycles. The number of hydrogen-bond acceptors (Lipinski definition) is 3. The monoisotopic (exact) mass is 272 g/mol. The van der Waals surface area contributed by atoms with Crippen LogP contribution in [0.5, 0.6) is 0 Å². The molecule has 1 aromatic rings. The van der Waals surface area contributed by atoms with Crippen LogP contribution < -0.4 is 5.73 Å². The molecular formula is C12H21ClN4O. The van der Waals surface area contributed by atoms with Crippen LogP contribution in [-0.2, 0) is 18.4 Å². The molecule has 102 valence electrons. The molecule has 0 unspecified atom stereocenters. The van der Waals surface area contributed by atoms with Gasteiger partial charge in [0.25, 0.3) is 0 Å². The summed E-state index contributed by atoms with van der Waals surface area (Å²) in [5.41, 5.74) is 5.86. The average molecular weight is 273 g/mol. The predicted molar refractivity (Wildman–Crippen MR) is 72.2 cm³/mol. The average Bonchev–Trinajstić information content (AvgIpc) is 2.66. The van der Waals surface area contributed by atoms with Gasteiger partial charge < -0.3 is 15.2 Å². The molecule has 1 rings (SSSR count). The Kier molecular flexibility index (Phi) is 5.62. The van der Waals surface area contributed by atoms with Crippen molar-refractivity contribution < 1.29 is 4.79 Å². The van der Waals surface area contributed by atoms with Gasteiger partial charge in [0.05, 0.1) is 18.8 Å². The molecule has 0 aliphatic heterocycles. The zero-order valence-electron chi connectivity index (χ0n) is 11.2. The van der Waals surface area contributed by atoms with Crippen molar-refractivity contribution in [2.75, 3.05) is 7.05 Å². The van der Waals surface area contributed by atoms with Gasteiger partial charge in [0.15, 0.2) is 0 Å². The summed E-state index contributed by atoms with van der Waals surface area (Å²) < 4.78 is 1.75. The summed E-state index contributed by atoms with van der Waals surface area (Å²) in [7, 11) is 3.55. The lowest BCUT2D eigenvalue weighted by Crippen LogP contribution is -2.41. The summed E-state index contributed by atoms with van der Waals surface area (Å²) in [6.07, 6.45) is 4.31. The molecule has 5 nitrogen and oxygen atoms in total. The van der Waals surface area contributed by atoms with E-state index in [4.69, 9.17) is 17.3 Å². The van der Waals surface area contributed by atoms with E-state index < -0.39 is 6.04 Å². The Morgan fingerprint density at radius 1 is 1.67 bits per heavy atom. The molecule has 0 aromatic carbocycles. The van der Waals surface area contributed by atoms with Crippen molar-refractivity contribution in [1.82, 2.24) is 14.5 Å². The van der Waals surface area contributed by atoms with E-state index in [0.717, 1.165) is 25.1 Å². The Bertz CT molecular complexity index is 405. The summed E-state index contributed by atoms with van der Waals surface area (Å²) in [6, 6.07) is -0.425. The number of hydrogen-bond donors (Lipinski definition) is 1. The van der Waals surface area contributed by atoms with E-state index in [2.05, 4.69) is 11.9 Å². The van der Waals surface area contributed by atoms with Gasteiger partial charge in [0.2, 0.25) is 5.91 Å². The molecule has 0 saturated carbocycles. The standard InChI is InChI=1S/C12H21ClN4O/c1-4-5-6-9(14)12(18)16(2)8-11-15-7-10(13)17(11)3/h7,9H,4-6,8,14H2,1-3H3/t9-/m1/s1. The zero-order chi connectivity index (χ0) is 13.7. The first-order valence-electron chi connectivity index (χ1n) is 6.14. The van der Waals surface area contributed by atoms with Crippen molar-refractivity contribution >= 4 is 17.5 Å². The van der Waals surface area contributed by atoms with E-state index in [1.165, 1.54) is 0 Å². The second kappa shape index (κ2) is 6.75. The first-order valence-corrected chi connectivity index (χ1v) is 6.51. The number of carbonyl (C=O) groups excluding carboxylic acids is 1. The van der Waals surface area contributed by atoms with Crippen molar-refractivity contribution in [1.29, 1.82) is 0 Å². The molecule has 6 heteroatoms. The third-order valence-corrected chi connectivity index (χ3v) is 3.32. The van der Waals surface area contributed by atoms with Crippen LogP contribution in [0.25, 0.3) is 0 Å². The van der Waals surface area contributed by atoms with Gasteiger partial charge in [0.1, 0.15) is 11.0 Å². The Labute approximate surface area is 113 Å². The molecule has 1 amide bonds. The molecule has 1 heterocycles. The lowest BCUT2D eigenvalue weighted by Gasteiger charge is -2.21. The smallest absolute Gasteiger partial charge is 0.239 e. The predicted octanol–water partition coefficient (Wildman–Crippen LogP) is 1.55. The van der Waals surface area contributed by atoms with Crippen LogP contribution in [0, 0.1) is 0 Å². The maximum Gasteiger partial charge on any atom is 0.239 e. The van der Waals surface area contributed by atoms with E-state index in [-0.39, 0.29) is 5.91 Å². The quantitative estimate of drug-likeness (QED) is 0.855. The highest BCUT2D eigenvalue weighted by Gasteiger charge is 2.19. The topological polar surface area (TPSA) is 64.2 Å². The molecule has 1 aromatic heterocycles. The summed E-state index contributed by atoms with van der Waals surface area (Å²) in [5.74, 6) is 0.695. The number of aromatic nitrogens is 2. The molecule has 18 heavy (non-hydrogen) atoms. The Hall–Kier alpha value is -1.07. The Morgan fingerprint density at radius 2 is 2.33 bits per heavy atom. The molecule has 0 radical (unpaired) electrons. The maximum absolute atomic E-state index is 12.0. The van der Waals surface area contributed by atoms with Crippen molar-refractivity contribution in [2.45, 2.75) is 38.8 Å². The number of likely N-dealkylation sites (N-methyl/N-ethyl adjacent to an activating group) is 1. The summed E-state index contributed by atoms with van der Waals surface area (Å²) in [4.78, 5) is 17.8. The molecule has 0 aliphatic rings. The number of nitrogens with two attached hydrogens (primary N) is 1. The van der Waals surface area contributed by atoms with Gasteiger partial charge >= 0.3 is 0 Å². The lowest BCUT2D eigenvalue weighted by atomic mass is 10.1. The number of amides is 1. The second-order valence-electron chi connectivity index (χ2n) is 4.50. The van der Waals surface area contributed by atoms with Gasteiger partial charge in [-0.25, -0.2) is 4.98 Å². The highest BCUT2D eigenvalue weighted by molar-refractivity contribution is 6.29. The minimum Gasteiger partial charge on any atom is -0.337 e. The molecule has 0 spiro atoms. The van der Waals surface area contributed by atoms with E-state index in [9.17, 15) is 4.79 Å². The largest absolute Gasteiger partial charge is 0.337 e. The normalized spacial score (nSPS) is 12.5. The SMILES string of the molecule is CCCC[C@@H](N)C(=O)N(C)Cc1ncc(Cl)n1C. The minimum atomic E-state index is -0.425. The number of imidazole rings is 1. The highest BCUT2D eigenvalue weighted by Crippen LogP contribution is 2.11. The van der Waals surface area contributed by atoms with Crippen molar-refractivity contribution in [2.24, 2.45) is 12.8 Å². The third kappa shape index (κ3) is 3.71.